The van der Waals surface area contributed by atoms with Crippen molar-refractivity contribution in [1.29, 1.82) is 0 Å². The fourth-order valence-corrected chi connectivity index (χ4v) is 5.87. The summed E-state index contributed by atoms with van der Waals surface area (Å²) in [6.07, 6.45) is 3.80. The summed E-state index contributed by atoms with van der Waals surface area (Å²) in [7, 11) is 0. The number of nitrogens with zero attached hydrogens (tertiary/aromatic N) is 4. The Hall–Kier alpha value is -4.51. The summed E-state index contributed by atoms with van der Waals surface area (Å²) in [4.78, 5) is 56.0. The molecule has 0 aliphatic carbocycles. The maximum absolute atomic E-state index is 14.5. The van der Waals surface area contributed by atoms with E-state index in [-0.39, 0.29) is 42.6 Å². The van der Waals surface area contributed by atoms with Gasteiger partial charge < -0.3 is 25.3 Å². The molecule has 252 valence electrons. The molecule has 11 heteroatoms. The lowest BCUT2D eigenvalue weighted by Gasteiger charge is -2.36. The van der Waals surface area contributed by atoms with E-state index in [1.165, 1.54) is 0 Å². The van der Waals surface area contributed by atoms with Crippen LogP contribution >= 0.6 is 0 Å². The number of carboxylic acid groups (broad SMARTS) is 1. The predicted molar refractivity (Wildman–Crippen MR) is 180 cm³/mol. The Morgan fingerprint density at radius 3 is 2.28 bits per heavy atom. The number of anilines is 1. The monoisotopic (exact) mass is 645 g/mol. The molecule has 0 bridgehead atoms. The largest absolute Gasteiger partial charge is 0.481 e. The molecule has 2 heterocycles. The van der Waals surface area contributed by atoms with Gasteiger partial charge in [-0.2, -0.15) is 5.10 Å². The van der Waals surface area contributed by atoms with Gasteiger partial charge in [0.25, 0.3) is 11.8 Å². The summed E-state index contributed by atoms with van der Waals surface area (Å²) >= 11 is 0. The number of aryl methyl sites for hydroxylation is 1. The molecule has 0 saturated carbocycles. The zero-order chi connectivity index (χ0) is 34.3. The Labute approximate surface area is 276 Å². The summed E-state index contributed by atoms with van der Waals surface area (Å²) < 4.78 is 1.57. The van der Waals surface area contributed by atoms with Crippen LogP contribution in [0.1, 0.15) is 97.5 Å². The minimum atomic E-state index is -1.21. The fraction of sp³-hybridized carbons (Fsp3) is 0.472. The Morgan fingerprint density at radius 1 is 1.00 bits per heavy atom. The van der Waals surface area contributed by atoms with Crippen molar-refractivity contribution in [2.45, 2.75) is 85.7 Å². The van der Waals surface area contributed by atoms with Crippen molar-refractivity contribution in [2.75, 3.05) is 25.0 Å². The molecule has 3 amide bonds. The number of aliphatic hydroxyl groups excluding tert-OH is 1. The van der Waals surface area contributed by atoms with E-state index in [1.807, 2.05) is 36.1 Å². The summed E-state index contributed by atoms with van der Waals surface area (Å²) in [5.74, 6) is -2.14. The quantitative estimate of drug-likeness (QED) is 0.218. The summed E-state index contributed by atoms with van der Waals surface area (Å²) in [5, 5.41) is 27.1. The Bertz CT molecular complexity index is 1600. The van der Waals surface area contributed by atoms with Gasteiger partial charge in [-0.25, -0.2) is 4.68 Å². The number of benzene rings is 2. The third kappa shape index (κ3) is 8.26. The van der Waals surface area contributed by atoms with Crippen LogP contribution in [0.25, 0.3) is 5.69 Å². The molecule has 2 aromatic carbocycles. The molecule has 0 fully saturated rings. The number of carboxylic acids is 1. The minimum absolute atomic E-state index is 0.167. The van der Waals surface area contributed by atoms with Crippen molar-refractivity contribution in [3.8, 4) is 5.69 Å². The Balaban J connectivity index is 1.77. The molecule has 47 heavy (non-hydrogen) atoms. The third-order valence-electron chi connectivity index (χ3n) is 8.70. The normalized spacial score (nSPS) is 14.4. The first-order chi connectivity index (χ1) is 22.4. The first kappa shape index (κ1) is 35.3. The molecule has 0 saturated heterocycles. The highest BCUT2D eigenvalue weighted by molar-refractivity contribution is 6.02. The molecule has 1 aliphatic heterocycles. The fourth-order valence-electron chi connectivity index (χ4n) is 5.87. The van der Waals surface area contributed by atoms with Crippen molar-refractivity contribution >= 4 is 29.4 Å². The van der Waals surface area contributed by atoms with Crippen molar-refractivity contribution in [2.24, 2.45) is 5.41 Å². The topological polar surface area (TPSA) is 145 Å². The first-order valence-electron chi connectivity index (χ1n) is 16.4. The molecule has 3 N–H and O–H groups in total. The van der Waals surface area contributed by atoms with E-state index >= 15 is 0 Å². The van der Waals surface area contributed by atoms with E-state index in [0.717, 1.165) is 36.8 Å². The highest BCUT2D eigenvalue weighted by Crippen LogP contribution is 2.30. The van der Waals surface area contributed by atoms with E-state index < -0.39 is 23.3 Å². The maximum Gasteiger partial charge on any atom is 0.304 e. The number of carbonyl (C=O) groups is 4. The van der Waals surface area contributed by atoms with Crippen LogP contribution in [0.15, 0.2) is 48.5 Å². The van der Waals surface area contributed by atoms with Gasteiger partial charge in [-0.1, -0.05) is 64.8 Å². The van der Waals surface area contributed by atoms with E-state index in [9.17, 15) is 29.4 Å². The molecule has 1 aliphatic rings. The maximum atomic E-state index is 14.5. The molecular formula is C36H47N5O6. The lowest BCUT2D eigenvalue weighted by atomic mass is 9.88. The first-order valence-corrected chi connectivity index (χ1v) is 16.4. The van der Waals surface area contributed by atoms with Gasteiger partial charge in [-0.15, -0.1) is 0 Å². The molecule has 1 atom stereocenters. The van der Waals surface area contributed by atoms with Crippen molar-refractivity contribution in [3.63, 3.8) is 0 Å². The Kier molecular flexibility index (Phi) is 11.6. The van der Waals surface area contributed by atoms with Crippen LogP contribution in [0.5, 0.6) is 0 Å². The van der Waals surface area contributed by atoms with Gasteiger partial charge in [0, 0.05) is 31.0 Å². The number of rotatable bonds is 14. The SMILES string of the molecule is CCCCN(CCCC)C(=O)c1cc(C)n(-c2ccc(NC(=O)C(C)(C)CC(=O)O)cc2C(=O)N2Cc3ccccc3C[C@H]2CO)n1. The van der Waals surface area contributed by atoms with Gasteiger partial charge in [0.15, 0.2) is 5.69 Å². The van der Waals surface area contributed by atoms with Crippen LogP contribution in [0.2, 0.25) is 0 Å². The molecule has 3 aromatic rings. The van der Waals surface area contributed by atoms with Crippen molar-refractivity contribution in [3.05, 3.63) is 76.6 Å². The van der Waals surface area contributed by atoms with Gasteiger partial charge in [0.2, 0.25) is 5.91 Å². The number of unbranched alkanes of at least 4 members (excludes halogenated alkanes) is 2. The van der Waals surface area contributed by atoms with Crippen LogP contribution in [0, 0.1) is 12.3 Å². The number of hydrogen-bond acceptors (Lipinski definition) is 6. The van der Waals surface area contributed by atoms with Gasteiger partial charge in [0.05, 0.1) is 35.7 Å². The van der Waals surface area contributed by atoms with Crippen LogP contribution in [0.4, 0.5) is 5.69 Å². The number of aliphatic hydroxyl groups is 1. The van der Waals surface area contributed by atoms with Crippen LogP contribution in [-0.4, -0.2) is 79.2 Å². The van der Waals surface area contributed by atoms with Crippen LogP contribution < -0.4 is 5.32 Å². The molecule has 0 spiro atoms. The number of fused-ring (bicyclic) bond motifs is 1. The lowest BCUT2D eigenvalue weighted by molar-refractivity contribution is -0.142. The second-order valence-electron chi connectivity index (χ2n) is 13.0. The highest BCUT2D eigenvalue weighted by Gasteiger charge is 2.34. The third-order valence-corrected chi connectivity index (χ3v) is 8.70. The number of aromatic nitrogens is 2. The van der Waals surface area contributed by atoms with Gasteiger partial charge >= 0.3 is 5.97 Å². The van der Waals surface area contributed by atoms with Crippen molar-refractivity contribution < 1.29 is 29.4 Å². The molecular weight excluding hydrogens is 598 g/mol. The van der Waals surface area contributed by atoms with Gasteiger partial charge in [-0.05, 0) is 61.6 Å². The van der Waals surface area contributed by atoms with E-state index in [0.29, 0.717) is 36.6 Å². The van der Waals surface area contributed by atoms with Gasteiger partial charge in [0.1, 0.15) is 0 Å². The summed E-state index contributed by atoms with van der Waals surface area (Å²) in [6.45, 7) is 10.4. The average molecular weight is 646 g/mol. The van der Waals surface area contributed by atoms with Gasteiger partial charge in [-0.3, -0.25) is 19.2 Å². The van der Waals surface area contributed by atoms with Crippen molar-refractivity contribution in [1.82, 2.24) is 19.6 Å². The molecule has 11 nitrogen and oxygen atoms in total. The predicted octanol–water partition coefficient (Wildman–Crippen LogP) is 5.22. The van der Waals surface area contributed by atoms with E-state index in [2.05, 4.69) is 19.2 Å². The number of carbonyl (C=O) groups excluding carboxylic acids is 3. The number of nitrogens with one attached hydrogen (secondary N) is 1. The minimum Gasteiger partial charge on any atom is -0.481 e. The second kappa shape index (κ2) is 15.4. The zero-order valence-electron chi connectivity index (χ0n) is 28.1. The summed E-state index contributed by atoms with van der Waals surface area (Å²) in [6, 6.07) is 13.9. The smallest absolute Gasteiger partial charge is 0.304 e. The number of amides is 3. The van der Waals surface area contributed by atoms with E-state index in [1.54, 1.807) is 47.7 Å². The molecule has 4 rings (SSSR count). The number of aliphatic carboxylic acids is 1. The standard InChI is InChI=1S/C36H47N5O6/c1-6-8-16-39(17-9-7-2)34(46)30-18-24(3)41(38-30)31-15-14-27(37-35(47)36(4,5)21-32(43)44)20-29(31)33(45)40-22-26-13-11-10-12-25(26)19-28(40)23-42/h10-15,18,20,28,42H,6-9,16-17,19,21-23H2,1-5H3,(H,37,47)(H,43,44)/t28-/m0/s1. The number of hydrogen-bond donors (Lipinski definition) is 3. The molecule has 0 unspecified atom stereocenters. The van der Waals surface area contributed by atoms with E-state index in [4.69, 9.17) is 5.10 Å². The highest BCUT2D eigenvalue weighted by atomic mass is 16.4. The van der Waals surface area contributed by atoms with Crippen LogP contribution in [0.3, 0.4) is 0 Å². The second-order valence-corrected chi connectivity index (χ2v) is 13.0. The van der Waals surface area contributed by atoms with Crippen LogP contribution in [-0.2, 0) is 22.6 Å². The Morgan fingerprint density at radius 2 is 1.66 bits per heavy atom. The lowest BCUT2D eigenvalue weighted by Crippen LogP contribution is -2.46. The summed E-state index contributed by atoms with van der Waals surface area (Å²) in [5.41, 5.74) is 2.71. The molecule has 0 radical (unpaired) electrons. The average Bonchev–Trinajstić information content (AvgIpc) is 3.43. The molecule has 1 aromatic heterocycles. The zero-order valence-corrected chi connectivity index (χ0v) is 28.1.